The number of phenols is 1. The highest BCUT2D eigenvalue weighted by Gasteiger charge is 2.25. The zero-order valence-corrected chi connectivity index (χ0v) is 22.2. The minimum absolute atomic E-state index is 0.0483. The van der Waals surface area contributed by atoms with Crippen molar-refractivity contribution in [1.29, 1.82) is 0 Å². The molecule has 0 radical (unpaired) electrons. The predicted molar refractivity (Wildman–Crippen MR) is 149 cm³/mol. The quantitative estimate of drug-likeness (QED) is 0.143. The standard InChI is InChI=1S/C28H26N2O8S/c1-30(2,3)14-18(13-25(33)34)37-28(39)29-15-4-7-19(22(10-15)27(35)36)26-20-8-5-16(31)11-23(20)38-24-12-17(32)6-9-21(24)26/h4-12,18H,13-14H2,1-3H3,(H3-,29,31,32,33,34,35,36,39)/p+1. The average molecular weight is 552 g/mol. The number of hydrogen-bond donors (Lipinski definition) is 4. The molecule has 2 aromatic rings. The third-order valence-corrected chi connectivity index (χ3v) is 6.07. The smallest absolute Gasteiger partial charge is 0.336 e. The highest BCUT2D eigenvalue weighted by molar-refractivity contribution is 7.80. The van der Waals surface area contributed by atoms with Crippen molar-refractivity contribution in [3.05, 3.63) is 70.4 Å². The summed E-state index contributed by atoms with van der Waals surface area (Å²) in [5.41, 5.74) is 1.64. The van der Waals surface area contributed by atoms with E-state index in [9.17, 15) is 29.7 Å². The number of aliphatic carboxylic acids is 1. The lowest BCUT2D eigenvalue weighted by Crippen LogP contribution is -2.44. The van der Waals surface area contributed by atoms with Crippen molar-refractivity contribution in [3.63, 3.8) is 0 Å². The van der Waals surface area contributed by atoms with Crippen molar-refractivity contribution in [1.82, 2.24) is 0 Å². The van der Waals surface area contributed by atoms with Crippen LogP contribution in [0.1, 0.15) is 16.8 Å². The van der Waals surface area contributed by atoms with Crippen LogP contribution in [0.2, 0.25) is 0 Å². The van der Waals surface area contributed by atoms with E-state index < -0.39 is 18.0 Å². The SMILES string of the molecule is C[N+](C)(C)CC(CC(=O)O)OC(=S)Nc1ccc(-c2c3ccc(=O)cc-3oc3cc(O)ccc23)c(C(=O)O)c1. The first-order chi connectivity index (χ1) is 18.3. The number of carboxylic acids is 2. The molecular weight excluding hydrogens is 524 g/mol. The maximum Gasteiger partial charge on any atom is 0.336 e. The number of rotatable bonds is 8. The summed E-state index contributed by atoms with van der Waals surface area (Å²) in [4.78, 5) is 35.7. The number of aromatic hydroxyl groups is 1. The van der Waals surface area contributed by atoms with E-state index in [1.54, 1.807) is 24.3 Å². The first kappa shape index (κ1) is 27.6. The van der Waals surface area contributed by atoms with Gasteiger partial charge in [-0.2, -0.15) is 0 Å². The second-order valence-electron chi connectivity index (χ2n) is 10.1. The molecule has 0 saturated heterocycles. The Morgan fingerprint density at radius 1 is 1.03 bits per heavy atom. The average Bonchev–Trinajstić information content (AvgIpc) is 2.80. The lowest BCUT2D eigenvalue weighted by atomic mass is 9.90. The van der Waals surface area contributed by atoms with Crippen LogP contribution in [0.15, 0.2) is 63.8 Å². The van der Waals surface area contributed by atoms with Crippen LogP contribution in [-0.2, 0) is 9.53 Å². The minimum atomic E-state index is -1.21. The molecule has 39 heavy (non-hydrogen) atoms. The van der Waals surface area contributed by atoms with E-state index in [4.69, 9.17) is 21.4 Å². The van der Waals surface area contributed by atoms with Crippen molar-refractivity contribution in [2.75, 3.05) is 33.0 Å². The third kappa shape index (κ3) is 6.51. The van der Waals surface area contributed by atoms with Crippen molar-refractivity contribution in [3.8, 4) is 28.2 Å². The van der Waals surface area contributed by atoms with Gasteiger partial charge in [0, 0.05) is 34.3 Å². The number of anilines is 1. The van der Waals surface area contributed by atoms with Crippen molar-refractivity contribution in [2.45, 2.75) is 12.5 Å². The van der Waals surface area contributed by atoms with E-state index >= 15 is 0 Å². The van der Waals surface area contributed by atoms with E-state index in [1.165, 1.54) is 30.3 Å². The van der Waals surface area contributed by atoms with E-state index in [1.807, 2.05) is 21.1 Å². The molecule has 2 aliphatic rings. The number of ether oxygens (including phenoxy) is 1. The summed E-state index contributed by atoms with van der Waals surface area (Å²) in [5.74, 6) is -2.05. The molecule has 0 saturated carbocycles. The molecule has 1 unspecified atom stereocenters. The van der Waals surface area contributed by atoms with Crippen LogP contribution in [0.5, 0.6) is 5.75 Å². The number of nitrogens with zero attached hydrogens (tertiary/aromatic N) is 1. The van der Waals surface area contributed by atoms with Gasteiger partial charge in [0.05, 0.1) is 33.1 Å². The molecule has 0 fully saturated rings. The molecule has 0 spiro atoms. The highest BCUT2D eigenvalue weighted by atomic mass is 32.1. The van der Waals surface area contributed by atoms with Crippen molar-refractivity contribution >= 4 is 46.0 Å². The van der Waals surface area contributed by atoms with Gasteiger partial charge in [-0.1, -0.05) is 6.07 Å². The molecule has 0 amide bonds. The Kier molecular flexibility index (Phi) is 7.57. The Labute approximate surface area is 228 Å². The summed E-state index contributed by atoms with van der Waals surface area (Å²) in [6.07, 6.45) is -0.954. The Balaban J connectivity index is 1.75. The number of quaternary nitrogens is 1. The maximum atomic E-state index is 12.4. The number of nitrogens with one attached hydrogen (secondary N) is 1. The highest BCUT2D eigenvalue weighted by Crippen LogP contribution is 2.42. The van der Waals surface area contributed by atoms with Gasteiger partial charge in [-0.05, 0) is 54.2 Å². The predicted octanol–water partition coefficient (Wildman–Crippen LogP) is 4.23. The van der Waals surface area contributed by atoms with Gasteiger partial charge in [-0.25, -0.2) is 4.79 Å². The van der Waals surface area contributed by atoms with Crippen LogP contribution >= 0.6 is 12.2 Å². The fraction of sp³-hybridized carbons (Fsp3) is 0.214. The Morgan fingerprint density at radius 3 is 2.41 bits per heavy atom. The van der Waals surface area contributed by atoms with Crippen molar-refractivity contribution in [2.24, 2.45) is 0 Å². The van der Waals surface area contributed by atoms with Gasteiger partial charge in [0.1, 0.15) is 23.6 Å². The van der Waals surface area contributed by atoms with Gasteiger partial charge in [-0.15, -0.1) is 0 Å². The Hall–Kier alpha value is -4.48. The zero-order valence-electron chi connectivity index (χ0n) is 21.4. The van der Waals surface area contributed by atoms with Crippen LogP contribution < -0.4 is 10.7 Å². The molecule has 0 bridgehead atoms. The fourth-order valence-electron chi connectivity index (χ4n) is 4.41. The van der Waals surface area contributed by atoms with Gasteiger partial charge in [0.25, 0.3) is 5.17 Å². The number of thiocarbonyl (C=S) groups is 1. The fourth-order valence-corrected chi connectivity index (χ4v) is 4.67. The molecule has 202 valence electrons. The lowest BCUT2D eigenvalue weighted by molar-refractivity contribution is -0.873. The number of fused-ring (bicyclic) bond motifs is 2. The molecule has 10 nitrogen and oxygen atoms in total. The number of aromatic carboxylic acids is 1. The zero-order chi connectivity index (χ0) is 28.5. The Bertz CT molecular complexity index is 1620. The maximum absolute atomic E-state index is 12.4. The number of carboxylic acid groups (broad SMARTS) is 2. The largest absolute Gasteiger partial charge is 0.508 e. The summed E-state index contributed by atoms with van der Waals surface area (Å²) < 4.78 is 12.0. The summed E-state index contributed by atoms with van der Waals surface area (Å²) in [6, 6.07) is 13.3. The monoisotopic (exact) mass is 551 g/mol. The molecule has 1 heterocycles. The van der Waals surface area contributed by atoms with E-state index in [0.29, 0.717) is 38.8 Å². The van der Waals surface area contributed by atoms with Crippen LogP contribution in [0.25, 0.3) is 33.4 Å². The van der Waals surface area contributed by atoms with Crippen LogP contribution in [0, 0.1) is 0 Å². The topological polar surface area (TPSA) is 146 Å². The van der Waals surface area contributed by atoms with Gasteiger partial charge in [0.2, 0.25) is 0 Å². The van der Waals surface area contributed by atoms with Gasteiger partial charge in [-0.3, -0.25) is 9.59 Å². The number of carbonyl (C=O) groups is 2. The van der Waals surface area contributed by atoms with E-state index in [2.05, 4.69) is 5.32 Å². The molecule has 0 aromatic heterocycles. The third-order valence-electron chi connectivity index (χ3n) is 5.87. The van der Waals surface area contributed by atoms with Crippen LogP contribution in [0.4, 0.5) is 5.69 Å². The summed E-state index contributed by atoms with van der Waals surface area (Å²) in [6.45, 7) is 0.382. The second kappa shape index (κ2) is 10.7. The normalized spacial score (nSPS) is 12.3. The number of phenolic OH excluding ortho intramolecular Hbond substituents is 1. The molecule has 4 N–H and O–H groups in total. The van der Waals surface area contributed by atoms with Gasteiger partial charge in [0.15, 0.2) is 11.5 Å². The molecule has 4 rings (SSSR count). The van der Waals surface area contributed by atoms with E-state index in [0.717, 1.165) is 0 Å². The number of benzene rings is 3. The summed E-state index contributed by atoms with van der Waals surface area (Å²) in [5, 5.41) is 32.6. The molecule has 1 atom stereocenters. The molecule has 1 aliphatic carbocycles. The van der Waals surface area contributed by atoms with E-state index in [-0.39, 0.29) is 39.7 Å². The van der Waals surface area contributed by atoms with Crippen molar-refractivity contribution < 1.29 is 38.5 Å². The molecule has 1 aliphatic heterocycles. The molecule has 11 heteroatoms. The first-order valence-corrected chi connectivity index (χ1v) is 12.3. The van der Waals surface area contributed by atoms with Gasteiger partial charge < -0.3 is 34.3 Å². The minimum Gasteiger partial charge on any atom is -0.508 e. The number of hydrogen-bond acceptors (Lipinski definition) is 7. The van der Waals surface area contributed by atoms with Crippen LogP contribution in [0.3, 0.4) is 0 Å². The van der Waals surface area contributed by atoms with Gasteiger partial charge >= 0.3 is 11.9 Å². The lowest BCUT2D eigenvalue weighted by Gasteiger charge is -2.29. The molecule has 2 aromatic carbocycles. The number of likely N-dealkylation sites (N-methyl/N-ethyl adjacent to an activating group) is 1. The summed E-state index contributed by atoms with van der Waals surface area (Å²) >= 11 is 5.29. The molecular formula is C28H27N2O8S+. The summed E-state index contributed by atoms with van der Waals surface area (Å²) in [7, 11) is 5.70. The second-order valence-corrected chi connectivity index (χ2v) is 10.5. The first-order valence-electron chi connectivity index (χ1n) is 11.9. The Morgan fingerprint density at radius 2 is 1.74 bits per heavy atom. The van der Waals surface area contributed by atoms with Crippen LogP contribution in [-0.4, -0.2) is 70.7 Å².